The third-order valence-corrected chi connectivity index (χ3v) is 4.72. The third-order valence-electron chi connectivity index (χ3n) is 2.98. The van der Waals surface area contributed by atoms with Gasteiger partial charge in [0.05, 0.1) is 16.3 Å². The summed E-state index contributed by atoms with van der Waals surface area (Å²) in [5.41, 5.74) is 6.42. The van der Waals surface area contributed by atoms with Crippen LogP contribution in [0.4, 0.5) is 5.69 Å². The summed E-state index contributed by atoms with van der Waals surface area (Å²) in [5, 5.41) is 0. The summed E-state index contributed by atoms with van der Waals surface area (Å²) in [7, 11) is -3.10. The SMILES string of the molecule is CC(CN)N1CCS(=O)(=O)c2ccccc21. The van der Waals surface area contributed by atoms with Crippen molar-refractivity contribution in [2.75, 3.05) is 23.7 Å². The molecule has 1 heterocycles. The standard InChI is InChI=1S/C11H16N2O2S/c1-9(8-12)13-6-7-16(14,15)11-5-3-2-4-10(11)13/h2-5,9H,6-8,12H2,1H3. The van der Waals surface area contributed by atoms with E-state index in [9.17, 15) is 8.42 Å². The fourth-order valence-corrected chi connectivity index (χ4v) is 3.44. The number of sulfone groups is 1. The lowest BCUT2D eigenvalue weighted by atomic mass is 10.2. The zero-order valence-electron chi connectivity index (χ0n) is 9.26. The van der Waals surface area contributed by atoms with E-state index in [1.807, 2.05) is 19.1 Å². The fraction of sp³-hybridized carbons (Fsp3) is 0.455. The second kappa shape index (κ2) is 4.07. The van der Waals surface area contributed by atoms with Gasteiger partial charge < -0.3 is 10.6 Å². The summed E-state index contributed by atoms with van der Waals surface area (Å²) in [6.45, 7) is 3.06. The minimum Gasteiger partial charge on any atom is -0.365 e. The Morgan fingerprint density at radius 3 is 2.81 bits per heavy atom. The summed E-state index contributed by atoms with van der Waals surface area (Å²) < 4.78 is 23.7. The Morgan fingerprint density at radius 1 is 1.44 bits per heavy atom. The molecule has 0 bridgehead atoms. The summed E-state index contributed by atoms with van der Waals surface area (Å²) in [6.07, 6.45) is 0. The molecule has 0 aromatic heterocycles. The first kappa shape index (κ1) is 11.4. The van der Waals surface area contributed by atoms with Crippen LogP contribution in [-0.4, -0.2) is 33.3 Å². The molecule has 1 unspecified atom stereocenters. The van der Waals surface area contributed by atoms with Gasteiger partial charge in [-0.15, -0.1) is 0 Å². The lowest BCUT2D eigenvalue weighted by Gasteiger charge is -2.35. The highest BCUT2D eigenvalue weighted by Gasteiger charge is 2.29. The first-order chi connectivity index (χ1) is 7.56. The van der Waals surface area contributed by atoms with Crippen LogP contribution < -0.4 is 10.6 Å². The monoisotopic (exact) mass is 240 g/mol. The Labute approximate surface area is 96.0 Å². The average molecular weight is 240 g/mol. The molecule has 1 aliphatic heterocycles. The van der Waals surface area contributed by atoms with Gasteiger partial charge in [0.15, 0.2) is 9.84 Å². The molecule has 0 fully saturated rings. The van der Waals surface area contributed by atoms with Crippen molar-refractivity contribution in [3.05, 3.63) is 24.3 Å². The van der Waals surface area contributed by atoms with Crippen LogP contribution >= 0.6 is 0 Å². The van der Waals surface area contributed by atoms with Crippen LogP contribution in [0.15, 0.2) is 29.2 Å². The van der Waals surface area contributed by atoms with E-state index in [1.54, 1.807) is 12.1 Å². The van der Waals surface area contributed by atoms with Crippen molar-refractivity contribution in [1.82, 2.24) is 0 Å². The molecule has 5 heteroatoms. The maximum absolute atomic E-state index is 11.9. The molecule has 0 spiro atoms. The van der Waals surface area contributed by atoms with Crippen LogP contribution in [0.2, 0.25) is 0 Å². The molecule has 0 radical (unpaired) electrons. The minimum absolute atomic E-state index is 0.164. The first-order valence-corrected chi connectivity index (χ1v) is 7.00. The third kappa shape index (κ3) is 1.81. The number of nitrogens with zero attached hydrogens (tertiary/aromatic N) is 1. The van der Waals surface area contributed by atoms with E-state index in [2.05, 4.69) is 4.90 Å². The molecule has 1 aromatic rings. The van der Waals surface area contributed by atoms with Gasteiger partial charge in [-0.3, -0.25) is 0 Å². The number of fused-ring (bicyclic) bond motifs is 1. The molecule has 1 aromatic carbocycles. The highest BCUT2D eigenvalue weighted by atomic mass is 32.2. The van der Waals surface area contributed by atoms with Crippen molar-refractivity contribution in [1.29, 1.82) is 0 Å². The molecule has 1 aliphatic rings. The second-order valence-electron chi connectivity index (χ2n) is 4.06. The number of nitrogens with two attached hydrogens (primary N) is 1. The molecule has 4 nitrogen and oxygen atoms in total. The van der Waals surface area contributed by atoms with Crippen molar-refractivity contribution < 1.29 is 8.42 Å². The molecule has 0 aliphatic carbocycles. The summed E-state index contributed by atoms with van der Waals surface area (Å²) in [6, 6.07) is 7.29. The molecular weight excluding hydrogens is 224 g/mol. The van der Waals surface area contributed by atoms with Crippen LogP contribution in [0.5, 0.6) is 0 Å². The highest BCUT2D eigenvalue weighted by Crippen LogP contribution is 2.31. The Bertz CT molecular complexity index is 485. The maximum atomic E-state index is 11.9. The Morgan fingerprint density at radius 2 is 2.12 bits per heavy atom. The molecule has 0 saturated carbocycles. The Balaban J connectivity index is 2.51. The lowest BCUT2D eigenvalue weighted by molar-refractivity contribution is 0.579. The largest absolute Gasteiger partial charge is 0.365 e. The van der Waals surface area contributed by atoms with E-state index in [-0.39, 0.29) is 11.8 Å². The van der Waals surface area contributed by atoms with E-state index in [1.165, 1.54) is 0 Å². The van der Waals surface area contributed by atoms with Gasteiger partial charge in [-0.1, -0.05) is 12.1 Å². The fourth-order valence-electron chi connectivity index (χ4n) is 1.99. The molecular formula is C11H16N2O2S. The summed E-state index contributed by atoms with van der Waals surface area (Å²) >= 11 is 0. The Kier molecular flexibility index (Phi) is 2.90. The number of para-hydroxylation sites is 1. The Hall–Kier alpha value is -1.07. The van der Waals surface area contributed by atoms with E-state index in [0.717, 1.165) is 5.69 Å². The topological polar surface area (TPSA) is 63.4 Å². The molecule has 88 valence electrons. The average Bonchev–Trinajstić information content (AvgIpc) is 2.28. The number of benzene rings is 1. The number of rotatable bonds is 2. The van der Waals surface area contributed by atoms with Gasteiger partial charge >= 0.3 is 0 Å². The number of hydrogen-bond donors (Lipinski definition) is 1. The molecule has 0 amide bonds. The highest BCUT2D eigenvalue weighted by molar-refractivity contribution is 7.91. The van der Waals surface area contributed by atoms with E-state index >= 15 is 0 Å². The van der Waals surface area contributed by atoms with Gasteiger partial charge in [-0.2, -0.15) is 0 Å². The predicted octanol–water partition coefficient (Wildman–Crippen LogP) is 0.628. The van der Waals surface area contributed by atoms with Gasteiger partial charge in [-0.25, -0.2) is 8.42 Å². The zero-order chi connectivity index (χ0) is 11.8. The summed E-state index contributed by atoms with van der Waals surface area (Å²) in [5.74, 6) is 0.175. The van der Waals surface area contributed by atoms with Gasteiger partial charge in [0.25, 0.3) is 0 Å². The second-order valence-corrected chi connectivity index (χ2v) is 6.14. The van der Waals surface area contributed by atoms with Crippen molar-refractivity contribution in [2.24, 2.45) is 5.73 Å². The number of anilines is 1. The van der Waals surface area contributed by atoms with Crippen molar-refractivity contribution in [3.8, 4) is 0 Å². The molecule has 0 saturated heterocycles. The normalized spacial score (nSPS) is 20.2. The smallest absolute Gasteiger partial charge is 0.182 e. The molecule has 2 rings (SSSR count). The van der Waals surface area contributed by atoms with Gasteiger partial charge in [-0.05, 0) is 19.1 Å². The molecule has 16 heavy (non-hydrogen) atoms. The molecule has 1 atom stereocenters. The van der Waals surface area contributed by atoms with E-state index in [4.69, 9.17) is 5.73 Å². The van der Waals surface area contributed by atoms with Crippen LogP contribution in [0.3, 0.4) is 0 Å². The van der Waals surface area contributed by atoms with Crippen LogP contribution in [0.1, 0.15) is 6.92 Å². The van der Waals surface area contributed by atoms with E-state index in [0.29, 0.717) is 18.0 Å². The predicted molar refractivity (Wildman–Crippen MR) is 64.4 cm³/mol. The maximum Gasteiger partial charge on any atom is 0.182 e. The van der Waals surface area contributed by atoms with Gasteiger partial charge in [0, 0.05) is 19.1 Å². The molecule has 2 N–H and O–H groups in total. The summed E-state index contributed by atoms with van der Waals surface area (Å²) in [4.78, 5) is 2.50. The van der Waals surface area contributed by atoms with Crippen LogP contribution in [0, 0.1) is 0 Å². The minimum atomic E-state index is -3.10. The lowest BCUT2D eigenvalue weighted by Crippen LogP contribution is -2.44. The van der Waals surface area contributed by atoms with Gasteiger partial charge in [0.2, 0.25) is 0 Å². The quantitative estimate of drug-likeness (QED) is 0.823. The van der Waals surface area contributed by atoms with Crippen molar-refractivity contribution >= 4 is 15.5 Å². The van der Waals surface area contributed by atoms with Gasteiger partial charge in [0.1, 0.15) is 0 Å². The number of hydrogen-bond acceptors (Lipinski definition) is 4. The van der Waals surface area contributed by atoms with E-state index < -0.39 is 9.84 Å². The first-order valence-electron chi connectivity index (χ1n) is 5.35. The van der Waals surface area contributed by atoms with Crippen molar-refractivity contribution in [2.45, 2.75) is 17.9 Å². The van der Waals surface area contributed by atoms with Crippen LogP contribution in [-0.2, 0) is 9.84 Å². The van der Waals surface area contributed by atoms with Crippen molar-refractivity contribution in [3.63, 3.8) is 0 Å². The van der Waals surface area contributed by atoms with Crippen LogP contribution in [0.25, 0.3) is 0 Å². The zero-order valence-corrected chi connectivity index (χ0v) is 10.1.